The second-order valence-electron chi connectivity index (χ2n) is 5.73. The standard InChI is InChI=1S/C19H13ClFN3/c1-11-4-12(7-16(21)5-11)13-6-14(10-22-9-13)19-23-17-3-2-15(20)8-18(17)24-19/h2-10H,1H3,(H,23,24). The second-order valence-corrected chi connectivity index (χ2v) is 6.16. The number of nitrogens with zero attached hydrogens (tertiary/aromatic N) is 2. The van der Waals surface area contributed by atoms with Crippen LogP contribution in [0.2, 0.25) is 5.02 Å². The van der Waals surface area contributed by atoms with E-state index in [-0.39, 0.29) is 5.82 Å². The summed E-state index contributed by atoms with van der Waals surface area (Å²) in [5, 5.41) is 0.653. The minimum Gasteiger partial charge on any atom is -0.338 e. The van der Waals surface area contributed by atoms with Crippen molar-refractivity contribution < 1.29 is 4.39 Å². The Bertz CT molecular complexity index is 1040. The molecular weight excluding hydrogens is 325 g/mol. The fourth-order valence-electron chi connectivity index (χ4n) is 2.75. The first-order valence-electron chi connectivity index (χ1n) is 7.47. The summed E-state index contributed by atoms with van der Waals surface area (Å²) in [6.45, 7) is 1.87. The van der Waals surface area contributed by atoms with Gasteiger partial charge in [-0.2, -0.15) is 0 Å². The highest BCUT2D eigenvalue weighted by Crippen LogP contribution is 2.27. The lowest BCUT2D eigenvalue weighted by Crippen LogP contribution is -1.87. The summed E-state index contributed by atoms with van der Waals surface area (Å²) in [5.41, 5.74) is 5.04. The molecule has 4 rings (SSSR count). The van der Waals surface area contributed by atoms with Gasteiger partial charge in [0.15, 0.2) is 0 Å². The number of benzene rings is 2. The smallest absolute Gasteiger partial charge is 0.140 e. The van der Waals surface area contributed by atoms with Crippen molar-refractivity contribution in [1.29, 1.82) is 0 Å². The topological polar surface area (TPSA) is 41.6 Å². The molecule has 0 aliphatic carbocycles. The van der Waals surface area contributed by atoms with Crippen LogP contribution in [0.25, 0.3) is 33.5 Å². The second kappa shape index (κ2) is 5.73. The Morgan fingerprint density at radius 1 is 0.958 bits per heavy atom. The van der Waals surface area contributed by atoms with Gasteiger partial charge in [0, 0.05) is 28.5 Å². The van der Waals surface area contributed by atoms with Crippen molar-refractivity contribution in [3.63, 3.8) is 0 Å². The Morgan fingerprint density at radius 2 is 1.79 bits per heavy atom. The monoisotopic (exact) mass is 337 g/mol. The molecule has 0 saturated carbocycles. The summed E-state index contributed by atoms with van der Waals surface area (Å²) >= 11 is 6.01. The van der Waals surface area contributed by atoms with E-state index in [4.69, 9.17) is 11.6 Å². The van der Waals surface area contributed by atoms with E-state index in [1.54, 1.807) is 18.5 Å². The highest BCUT2D eigenvalue weighted by molar-refractivity contribution is 6.31. The summed E-state index contributed by atoms with van der Waals surface area (Å²) in [4.78, 5) is 12.1. The Morgan fingerprint density at radius 3 is 2.62 bits per heavy atom. The number of aryl methyl sites for hydroxylation is 1. The molecule has 0 saturated heterocycles. The van der Waals surface area contributed by atoms with E-state index < -0.39 is 0 Å². The maximum atomic E-state index is 13.7. The molecule has 0 spiro atoms. The van der Waals surface area contributed by atoms with Crippen LogP contribution in [0.4, 0.5) is 4.39 Å². The number of nitrogens with one attached hydrogen (secondary N) is 1. The summed E-state index contributed by atoms with van der Waals surface area (Å²) in [6, 6.07) is 12.4. The van der Waals surface area contributed by atoms with Crippen molar-refractivity contribution in [1.82, 2.24) is 15.0 Å². The third-order valence-corrected chi connectivity index (χ3v) is 4.07. The van der Waals surface area contributed by atoms with Gasteiger partial charge in [0.1, 0.15) is 11.6 Å². The zero-order valence-electron chi connectivity index (χ0n) is 12.8. The van der Waals surface area contributed by atoms with Crippen LogP contribution in [0.1, 0.15) is 5.56 Å². The third-order valence-electron chi connectivity index (χ3n) is 3.83. The number of aromatic nitrogens is 3. The lowest BCUT2D eigenvalue weighted by atomic mass is 10.0. The van der Waals surface area contributed by atoms with Gasteiger partial charge in [-0.15, -0.1) is 0 Å². The number of pyridine rings is 1. The molecule has 0 aliphatic rings. The largest absolute Gasteiger partial charge is 0.338 e. The summed E-state index contributed by atoms with van der Waals surface area (Å²) in [7, 11) is 0. The van der Waals surface area contributed by atoms with Crippen LogP contribution in [0, 0.1) is 12.7 Å². The van der Waals surface area contributed by atoms with Crippen LogP contribution in [0.3, 0.4) is 0 Å². The average molecular weight is 338 g/mol. The predicted molar refractivity (Wildman–Crippen MR) is 94.5 cm³/mol. The molecule has 4 aromatic rings. The Kier molecular flexibility index (Phi) is 3.54. The number of hydrogen-bond acceptors (Lipinski definition) is 2. The highest BCUT2D eigenvalue weighted by Gasteiger charge is 2.09. The molecule has 3 nitrogen and oxygen atoms in total. The van der Waals surface area contributed by atoms with E-state index in [1.807, 2.05) is 31.2 Å². The van der Waals surface area contributed by atoms with Crippen LogP contribution < -0.4 is 0 Å². The fourth-order valence-corrected chi connectivity index (χ4v) is 2.92. The number of imidazole rings is 1. The molecule has 0 fully saturated rings. The first-order valence-corrected chi connectivity index (χ1v) is 7.84. The Balaban J connectivity index is 1.81. The van der Waals surface area contributed by atoms with E-state index in [0.717, 1.165) is 33.3 Å². The van der Waals surface area contributed by atoms with Gasteiger partial charge in [0.05, 0.1) is 11.0 Å². The average Bonchev–Trinajstić information content (AvgIpc) is 2.97. The molecule has 2 heterocycles. The molecule has 0 atom stereocenters. The van der Waals surface area contributed by atoms with Gasteiger partial charge in [-0.05, 0) is 54.4 Å². The fraction of sp³-hybridized carbons (Fsp3) is 0.0526. The molecule has 0 radical (unpaired) electrons. The SMILES string of the molecule is Cc1cc(F)cc(-c2cncc(-c3nc4ccc(Cl)cc4[nH]3)c2)c1. The van der Waals surface area contributed by atoms with Crippen LogP contribution in [0.15, 0.2) is 54.9 Å². The van der Waals surface area contributed by atoms with Gasteiger partial charge in [-0.1, -0.05) is 17.7 Å². The zero-order chi connectivity index (χ0) is 16.7. The van der Waals surface area contributed by atoms with E-state index in [1.165, 1.54) is 12.1 Å². The lowest BCUT2D eigenvalue weighted by molar-refractivity contribution is 0.627. The minimum atomic E-state index is -0.256. The van der Waals surface area contributed by atoms with E-state index in [2.05, 4.69) is 15.0 Å². The van der Waals surface area contributed by atoms with E-state index in [0.29, 0.717) is 10.8 Å². The van der Waals surface area contributed by atoms with Crippen molar-refractivity contribution in [3.8, 4) is 22.5 Å². The minimum absolute atomic E-state index is 0.256. The first-order chi connectivity index (χ1) is 11.6. The molecule has 118 valence electrons. The first kappa shape index (κ1) is 14.8. The van der Waals surface area contributed by atoms with Crippen molar-refractivity contribution >= 4 is 22.6 Å². The molecule has 2 aromatic heterocycles. The molecule has 1 N–H and O–H groups in total. The molecular formula is C19H13ClFN3. The Labute approximate surface area is 143 Å². The third kappa shape index (κ3) is 2.76. The maximum Gasteiger partial charge on any atom is 0.140 e. The van der Waals surface area contributed by atoms with Crippen molar-refractivity contribution in [2.24, 2.45) is 0 Å². The Hall–Kier alpha value is -2.72. The van der Waals surface area contributed by atoms with Crippen LogP contribution in [-0.4, -0.2) is 15.0 Å². The van der Waals surface area contributed by atoms with Gasteiger partial charge in [0.2, 0.25) is 0 Å². The number of fused-ring (bicyclic) bond motifs is 1. The maximum absolute atomic E-state index is 13.7. The quantitative estimate of drug-likeness (QED) is 0.532. The summed E-state index contributed by atoms with van der Waals surface area (Å²) in [6.07, 6.45) is 3.45. The molecule has 0 aliphatic heterocycles. The number of hydrogen-bond donors (Lipinski definition) is 1. The van der Waals surface area contributed by atoms with Gasteiger partial charge < -0.3 is 4.98 Å². The van der Waals surface area contributed by atoms with Gasteiger partial charge in [0.25, 0.3) is 0 Å². The molecule has 2 aromatic carbocycles. The summed E-state index contributed by atoms with van der Waals surface area (Å²) < 4.78 is 13.7. The van der Waals surface area contributed by atoms with Crippen LogP contribution >= 0.6 is 11.6 Å². The zero-order valence-corrected chi connectivity index (χ0v) is 13.6. The molecule has 5 heteroatoms. The number of aromatic amines is 1. The number of halogens is 2. The van der Waals surface area contributed by atoms with Crippen molar-refractivity contribution in [3.05, 3.63) is 71.3 Å². The van der Waals surface area contributed by atoms with E-state index in [9.17, 15) is 4.39 Å². The van der Waals surface area contributed by atoms with Gasteiger partial charge >= 0.3 is 0 Å². The van der Waals surface area contributed by atoms with Crippen molar-refractivity contribution in [2.75, 3.05) is 0 Å². The predicted octanol–water partition coefficient (Wildman–Crippen LogP) is 5.39. The number of rotatable bonds is 2. The van der Waals surface area contributed by atoms with Crippen LogP contribution in [0.5, 0.6) is 0 Å². The lowest BCUT2D eigenvalue weighted by Gasteiger charge is -2.05. The van der Waals surface area contributed by atoms with E-state index >= 15 is 0 Å². The number of H-pyrrole nitrogens is 1. The highest BCUT2D eigenvalue weighted by atomic mass is 35.5. The van der Waals surface area contributed by atoms with Crippen LogP contribution in [-0.2, 0) is 0 Å². The summed E-state index contributed by atoms with van der Waals surface area (Å²) in [5.74, 6) is 0.448. The van der Waals surface area contributed by atoms with Crippen molar-refractivity contribution in [2.45, 2.75) is 6.92 Å². The van der Waals surface area contributed by atoms with Gasteiger partial charge in [-0.3, -0.25) is 4.98 Å². The van der Waals surface area contributed by atoms with Gasteiger partial charge in [-0.25, -0.2) is 9.37 Å². The molecule has 0 unspecified atom stereocenters. The molecule has 0 bridgehead atoms. The molecule has 0 amide bonds. The normalized spacial score (nSPS) is 11.1. The molecule has 24 heavy (non-hydrogen) atoms.